The number of carbonyl (C=O) groups is 1. The Hall–Kier alpha value is -2.54. The van der Waals surface area contributed by atoms with Gasteiger partial charge in [-0.05, 0) is 37.1 Å². The average Bonchev–Trinajstić information content (AvgIpc) is 3.21. The Kier molecular flexibility index (Phi) is 4.79. The van der Waals surface area contributed by atoms with Gasteiger partial charge in [-0.25, -0.2) is 0 Å². The maximum absolute atomic E-state index is 12.4. The number of hydrogen-bond acceptors (Lipinski definition) is 5. The van der Waals surface area contributed by atoms with E-state index in [0.29, 0.717) is 18.2 Å². The first-order chi connectivity index (χ1) is 12.7. The van der Waals surface area contributed by atoms with Crippen LogP contribution in [-0.2, 0) is 11.3 Å². The van der Waals surface area contributed by atoms with Crippen molar-refractivity contribution < 1.29 is 9.21 Å². The third-order valence-electron chi connectivity index (χ3n) is 4.34. The minimum Gasteiger partial charge on any atom is -0.467 e. The second-order valence-corrected chi connectivity index (χ2v) is 7.35. The molecule has 2 heterocycles. The molecule has 0 bridgehead atoms. The van der Waals surface area contributed by atoms with Crippen molar-refractivity contribution in [3.63, 3.8) is 0 Å². The van der Waals surface area contributed by atoms with Gasteiger partial charge in [-0.1, -0.05) is 30.0 Å². The average molecular weight is 368 g/mol. The Morgan fingerprint density at radius 2 is 2.04 bits per heavy atom. The van der Waals surface area contributed by atoms with Gasteiger partial charge in [0.05, 0.1) is 18.6 Å². The number of aromatic nitrogens is 3. The monoisotopic (exact) mass is 368 g/mol. The van der Waals surface area contributed by atoms with Gasteiger partial charge < -0.3 is 9.32 Å². The lowest BCUT2D eigenvalue weighted by Gasteiger charge is -2.15. The number of hydrogen-bond donors (Lipinski definition) is 0. The fourth-order valence-corrected chi connectivity index (χ4v) is 3.66. The van der Waals surface area contributed by atoms with E-state index in [1.807, 2.05) is 42.5 Å². The van der Waals surface area contributed by atoms with Crippen LogP contribution in [0.3, 0.4) is 0 Å². The second kappa shape index (κ2) is 7.37. The van der Waals surface area contributed by atoms with E-state index in [2.05, 4.69) is 14.8 Å². The molecule has 0 aliphatic heterocycles. The third-order valence-corrected chi connectivity index (χ3v) is 5.25. The van der Waals surface area contributed by atoms with Gasteiger partial charge in [-0.2, -0.15) is 0 Å². The Morgan fingerprint density at radius 1 is 1.23 bits per heavy atom. The first kappa shape index (κ1) is 16.9. The van der Waals surface area contributed by atoms with Crippen LogP contribution in [0.1, 0.15) is 30.3 Å². The number of amides is 1. The molecule has 0 radical (unpaired) electrons. The van der Waals surface area contributed by atoms with Crippen molar-refractivity contribution in [1.82, 2.24) is 19.7 Å². The molecule has 1 aliphatic rings. The summed E-state index contributed by atoms with van der Waals surface area (Å²) < 4.78 is 7.39. The summed E-state index contributed by atoms with van der Waals surface area (Å²) in [6.45, 7) is 0.463. The van der Waals surface area contributed by atoms with Crippen molar-refractivity contribution >= 4 is 17.7 Å². The Balaban J connectivity index is 1.47. The van der Waals surface area contributed by atoms with Crippen LogP contribution in [0, 0.1) is 0 Å². The molecular formula is C19H20N4O2S. The van der Waals surface area contributed by atoms with Gasteiger partial charge in [0, 0.05) is 18.7 Å². The molecule has 1 aromatic carbocycles. The molecule has 1 saturated carbocycles. The van der Waals surface area contributed by atoms with Gasteiger partial charge in [0.1, 0.15) is 11.6 Å². The molecule has 0 saturated heterocycles. The van der Waals surface area contributed by atoms with E-state index in [9.17, 15) is 4.79 Å². The van der Waals surface area contributed by atoms with Crippen molar-refractivity contribution in [3.8, 4) is 5.69 Å². The van der Waals surface area contributed by atoms with Crippen LogP contribution in [0.25, 0.3) is 5.69 Å². The highest BCUT2D eigenvalue weighted by Gasteiger charge is 2.31. The molecule has 7 heteroatoms. The second-order valence-electron chi connectivity index (χ2n) is 6.40. The van der Waals surface area contributed by atoms with Crippen LogP contribution >= 0.6 is 11.8 Å². The van der Waals surface area contributed by atoms with Gasteiger partial charge >= 0.3 is 0 Å². The zero-order valence-corrected chi connectivity index (χ0v) is 15.4. The highest BCUT2D eigenvalue weighted by molar-refractivity contribution is 7.99. The summed E-state index contributed by atoms with van der Waals surface area (Å²) in [6, 6.07) is 13.8. The van der Waals surface area contributed by atoms with Gasteiger partial charge in [-0.3, -0.25) is 9.36 Å². The number of carbonyl (C=O) groups excluding carboxylic acids is 1. The smallest absolute Gasteiger partial charge is 0.233 e. The van der Waals surface area contributed by atoms with Crippen molar-refractivity contribution in [3.05, 3.63) is 60.3 Å². The largest absolute Gasteiger partial charge is 0.467 e. The molecule has 26 heavy (non-hydrogen) atoms. The number of benzene rings is 1. The molecule has 0 atom stereocenters. The van der Waals surface area contributed by atoms with Gasteiger partial charge in [0.2, 0.25) is 5.91 Å². The quantitative estimate of drug-likeness (QED) is 0.597. The van der Waals surface area contributed by atoms with Crippen molar-refractivity contribution in [2.45, 2.75) is 30.5 Å². The van der Waals surface area contributed by atoms with E-state index in [0.717, 1.165) is 35.3 Å². The molecule has 4 rings (SSSR count). The fraction of sp³-hybridized carbons (Fsp3) is 0.316. The lowest BCUT2D eigenvalue weighted by Crippen LogP contribution is -2.27. The van der Waals surface area contributed by atoms with E-state index in [-0.39, 0.29) is 5.91 Å². The fourth-order valence-electron chi connectivity index (χ4n) is 2.76. The summed E-state index contributed by atoms with van der Waals surface area (Å²) in [6.07, 6.45) is 3.92. The molecule has 0 spiro atoms. The number of furan rings is 1. The van der Waals surface area contributed by atoms with Crippen LogP contribution in [-0.4, -0.2) is 38.4 Å². The first-order valence-corrected chi connectivity index (χ1v) is 9.61. The summed E-state index contributed by atoms with van der Waals surface area (Å²) in [5.74, 6) is 2.59. The zero-order chi connectivity index (χ0) is 17.9. The Morgan fingerprint density at radius 3 is 2.73 bits per heavy atom. The highest BCUT2D eigenvalue weighted by atomic mass is 32.2. The summed E-state index contributed by atoms with van der Waals surface area (Å²) >= 11 is 1.42. The standard InChI is InChI=1S/C19H20N4O2S/c1-22(12-16-8-5-11-25-16)17(24)13-26-19-21-20-18(14-9-10-14)23(19)15-6-3-2-4-7-15/h2-8,11,14H,9-10,12-13H2,1H3. The predicted molar refractivity (Wildman–Crippen MR) is 99.2 cm³/mol. The minimum atomic E-state index is 0.0296. The summed E-state index contributed by atoms with van der Waals surface area (Å²) in [5, 5.41) is 9.50. The third kappa shape index (κ3) is 3.67. The van der Waals surface area contributed by atoms with Crippen LogP contribution in [0.5, 0.6) is 0 Å². The van der Waals surface area contributed by atoms with E-state index < -0.39 is 0 Å². The van der Waals surface area contributed by atoms with Crippen molar-refractivity contribution in [1.29, 1.82) is 0 Å². The van der Waals surface area contributed by atoms with Crippen LogP contribution in [0.2, 0.25) is 0 Å². The summed E-state index contributed by atoms with van der Waals surface area (Å²) in [4.78, 5) is 14.1. The highest BCUT2D eigenvalue weighted by Crippen LogP contribution is 2.41. The molecule has 3 aromatic rings. The van der Waals surface area contributed by atoms with Crippen LogP contribution < -0.4 is 0 Å². The molecule has 1 amide bonds. The molecule has 0 unspecified atom stereocenters. The van der Waals surface area contributed by atoms with E-state index >= 15 is 0 Å². The number of thioether (sulfide) groups is 1. The minimum absolute atomic E-state index is 0.0296. The van der Waals surface area contributed by atoms with Crippen molar-refractivity contribution in [2.75, 3.05) is 12.8 Å². The van der Waals surface area contributed by atoms with E-state index in [1.54, 1.807) is 18.2 Å². The molecule has 134 valence electrons. The van der Waals surface area contributed by atoms with Crippen molar-refractivity contribution in [2.24, 2.45) is 0 Å². The van der Waals surface area contributed by atoms with E-state index in [4.69, 9.17) is 4.42 Å². The van der Waals surface area contributed by atoms with Gasteiger partial charge in [-0.15, -0.1) is 10.2 Å². The maximum Gasteiger partial charge on any atom is 0.233 e. The normalized spacial score (nSPS) is 13.7. The Labute approximate surface area is 156 Å². The van der Waals surface area contributed by atoms with Gasteiger partial charge in [0.25, 0.3) is 0 Å². The van der Waals surface area contributed by atoms with E-state index in [1.165, 1.54) is 11.8 Å². The SMILES string of the molecule is CN(Cc1ccco1)C(=O)CSc1nnc(C2CC2)n1-c1ccccc1. The molecule has 2 aromatic heterocycles. The van der Waals surface area contributed by atoms with Crippen LogP contribution in [0.4, 0.5) is 0 Å². The first-order valence-electron chi connectivity index (χ1n) is 8.62. The topological polar surface area (TPSA) is 64.2 Å². The number of para-hydroxylation sites is 1. The summed E-state index contributed by atoms with van der Waals surface area (Å²) in [7, 11) is 1.78. The predicted octanol–water partition coefficient (Wildman–Crippen LogP) is 3.49. The molecular weight excluding hydrogens is 348 g/mol. The lowest BCUT2D eigenvalue weighted by molar-refractivity contribution is -0.127. The Bertz CT molecular complexity index is 872. The number of nitrogens with zero attached hydrogens (tertiary/aromatic N) is 4. The molecule has 1 aliphatic carbocycles. The maximum atomic E-state index is 12.4. The summed E-state index contributed by atoms with van der Waals surface area (Å²) in [5.41, 5.74) is 1.04. The van der Waals surface area contributed by atoms with Gasteiger partial charge in [0.15, 0.2) is 5.16 Å². The molecule has 6 nitrogen and oxygen atoms in total. The number of rotatable bonds is 7. The molecule has 0 N–H and O–H groups in total. The zero-order valence-electron chi connectivity index (χ0n) is 14.5. The van der Waals surface area contributed by atoms with Crippen LogP contribution in [0.15, 0.2) is 58.3 Å². The lowest BCUT2D eigenvalue weighted by atomic mass is 10.3. The molecule has 1 fully saturated rings.